The Morgan fingerprint density at radius 1 is 0.489 bits per heavy atom. The number of rotatable bonds is 37. The molecule has 47 heavy (non-hydrogen) atoms. The van der Waals surface area contributed by atoms with E-state index in [9.17, 15) is 14.7 Å². The summed E-state index contributed by atoms with van der Waals surface area (Å²) in [5.41, 5.74) is 0. The fourth-order valence-electron chi connectivity index (χ4n) is 6.09. The molecule has 0 fully saturated rings. The molecule has 1 N–H and O–H groups in total. The van der Waals surface area contributed by atoms with Crippen molar-refractivity contribution in [1.82, 2.24) is 4.90 Å². The molecule has 0 unspecified atom stereocenters. The summed E-state index contributed by atoms with van der Waals surface area (Å²) in [7, 11) is 4.28. The highest BCUT2D eigenvalue weighted by Crippen LogP contribution is 2.14. The molecule has 0 atom stereocenters. The first-order chi connectivity index (χ1) is 22.8. The number of aliphatic hydroxyl groups excluding tert-OH is 1. The van der Waals surface area contributed by atoms with Gasteiger partial charge < -0.3 is 19.1 Å². The van der Waals surface area contributed by atoms with E-state index in [1.807, 2.05) is 0 Å². The maximum atomic E-state index is 12.2. The number of hydrogen-bond acceptors (Lipinski definition) is 6. The van der Waals surface area contributed by atoms with Gasteiger partial charge in [-0.3, -0.25) is 14.5 Å². The number of aliphatic hydroxyl groups is 1. The number of carbonyl (C=O) groups excluding carboxylic acids is 2. The second kappa shape index (κ2) is 34.7. The van der Waals surface area contributed by atoms with Crippen molar-refractivity contribution in [3.05, 3.63) is 0 Å². The lowest BCUT2D eigenvalue weighted by molar-refractivity contribution is -0.890. The Balaban J connectivity index is 4.05. The zero-order valence-electron chi connectivity index (χ0n) is 32.0. The average molecular weight is 670 g/mol. The van der Waals surface area contributed by atoms with Crippen LogP contribution >= 0.6 is 0 Å². The Hall–Kier alpha value is -1.18. The normalized spacial score (nSPS) is 11.8. The molecule has 0 aliphatic carbocycles. The molecular formula is C40H81N2O5+. The van der Waals surface area contributed by atoms with E-state index >= 15 is 0 Å². The van der Waals surface area contributed by atoms with Crippen LogP contribution in [0.3, 0.4) is 0 Å². The maximum absolute atomic E-state index is 12.2. The van der Waals surface area contributed by atoms with Gasteiger partial charge in [-0.1, -0.05) is 142 Å². The Morgan fingerprint density at radius 2 is 0.830 bits per heavy atom. The number of ether oxygens (including phenoxy) is 2. The molecule has 0 radical (unpaired) electrons. The lowest BCUT2D eigenvalue weighted by atomic mass is 10.1. The lowest BCUT2D eigenvalue weighted by Gasteiger charge is -2.32. The number of likely N-dealkylation sites (N-methyl/N-ethyl adjacent to an activating group) is 1. The van der Waals surface area contributed by atoms with Gasteiger partial charge in [0.25, 0.3) is 0 Å². The summed E-state index contributed by atoms with van der Waals surface area (Å²) >= 11 is 0. The van der Waals surface area contributed by atoms with Crippen LogP contribution in [0.2, 0.25) is 0 Å². The van der Waals surface area contributed by atoms with Crippen LogP contribution in [0.15, 0.2) is 0 Å². The third-order valence-electron chi connectivity index (χ3n) is 9.46. The summed E-state index contributed by atoms with van der Waals surface area (Å²) in [6.45, 7) is 9.85. The minimum absolute atomic E-state index is 0.0714. The van der Waals surface area contributed by atoms with Crippen LogP contribution in [0.4, 0.5) is 0 Å². The predicted octanol–water partition coefficient (Wildman–Crippen LogP) is 9.63. The summed E-state index contributed by atoms with van der Waals surface area (Å²) in [4.78, 5) is 26.9. The topological polar surface area (TPSA) is 76.1 Å². The van der Waals surface area contributed by atoms with Gasteiger partial charge in [0.2, 0.25) is 0 Å². The maximum Gasteiger partial charge on any atom is 0.305 e. The molecule has 0 aliphatic heterocycles. The fraction of sp³-hybridized carbons (Fsp3) is 0.950. The Kier molecular flexibility index (Phi) is 33.8. The van der Waals surface area contributed by atoms with Gasteiger partial charge in [-0.15, -0.1) is 0 Å². The smallest absolute Gasteiger partial charge is 0.305 e. The van der Waals surface area contributed by atoms with Gasteiger partial charge in [-0.05, 0) is 25.7 Å². The largest absolute Gasteiger partial charge is 0.466 e. The number of esters is 2. The third kappa shape index (κ3) is 34.5. The molecule has 0 aliphatic rings. The molecule has 0 heterocycles. The van der Waals surface area contributed by atoms with Crippen LogP contribution in [-0.2, 0) is 19.1 Å². The molecule has 7 nitrogen and oxygen atoms in total. The van der Waals surface area contributed by atoms with Gasteiger partial charge in [0.15, 0.2) is 0 Å². The summed E-state index contributed by atoms with van der Waals surface area (Å²) in [5.74, 6) is -0.143. The van der Waals surface area contributed by atoms with E-state index in [1.165, 1.54) is 116 Å². The van der Waals surface area contributed by atoms with Gasteiger partial charge in [0.05, 0.1) is 40.5 Å². The zero-order valence-corrected chi connectivity index (χ0v) is 32.0. The second-order valence-electron chi connectivity index (χ2n) is 14.7. The molecule has 0 rings (SSSR count). The van der Waals surface area contributed by atoms with Crippen LogP contribution in [0.25, 0.3) is 0 Å². The standard InChI is InChI=1S/C40H81N2O5/c1-5-7-9-11-13-15-17-19-21-23-25-29-39(44)46-37-27-31-41(33-34-42(3,4)35-36-43)32-28-38-47-40(45)30-26-24-22-20-18-16-14-12-10-8-6-2/h43H,5-38H2,1-4H3/q+1. The Bertz CT molecular complexity index is 642. The Morgan fingerprint density at radius 3 is 1.17 bits per heavy atom. The molecule has 0 saturated carbocycles. The first kappa shape index (κ1) is 45.8. The summed E-state index contributed by atoms with van der Waals surface area (Å²) in [5, 5.41) is 9.41. The van der Waals surface area contributed by atoms with E-state index in [-0.39, 0.29) is 18.5 Å². The summed E-state index contributed by atoms with van der Waals surface area (Å²) in [6.07, 6.45) is 30.7. The predicted molar refractivity (Wildman–Crippen MR) is 199 cm³/mol. The highest BCUT2D eigenvalue weighted by Gasteiger charge is 2.17. The van der Waals surface area contributed by atoms with Crippen LogP contribution in [0.5, 0.6) is 0 Å². The number of unbranched alkanes of at least 4 members (excludes halogenated alkanes) is 20. The zero-order chi connectivity index (χ0) is 34.7. The van der Waals surface area contributed by atoms with Crippen LogP contribution < -0.4 is 0 Å². The minimum Gasteiger partial charge on any atom is -0.466 e. The lowest BCUT2D eigenvalue weighted by Crippen LogP contribution is -2.47. The van der Waals surface area contributed by atoms with Gasteiger partial charge in [0.1, 0.15) is 6.54 Å². The quantitative estimate of drug-likeness (QED) is 0.0403. The van der Waals surface area contributed by atoms with Crippen LogP contribution in [-0.4, -0.2) is 93.1 Å². The van der Waals surface area contributed by atoms with Crippen molar-refractivity contribution < 1.29 is 28.7 Å². The molecular weight excluding hydrogens is 588 g/mol. The van der Waals surface area contributed by atoms with E-state index in [0.717, 1.165) is 75.7 Å². The fourth-order valence-corrected chi connectivity index (χ4v) is 6.09. The number of quaternary nitrogens is 1. The van der Waals surface area contributed by atoms with Crippen molar-refractivity contribution >= 4 is 11.9 Å². The van der Waals surface area contributed by atoms with Gasteiger partial charge >= 0.3 is 11.9 Å². The van der Waals surface area contributed by atoms with Crippen molar-refractivity contribution in [2.24, 2.45) is 0 Å². The molecule has 0 bridgehead atoms. The average Bonchev–Trinajstić information content (AvgIpc) is 3.04. The van der Waals surface area contributed by atoms with E-state index in [4.69, 9.17) is 9.47 Å². The van der Waals surface area contributed by atoms with Crippen LogP contribution in [0.1, 0.15) is 181 Å². The number of nitrogens with zero attached hydrogens (tertiary/aromatic N) is 2. The molecule has 0 spiro atoms. The first-order valence-corrected chi connectivity index (χ1v) is 20.3. The number of hydrogen-bond donors (Lipinski definition) is 1. The Labute approximate surface area is 292 Å². The minimum atomic E-state index is -0.0714. The molecule has 0 aromatic heterocycles. The molecule has 0 aromatic carbocycles. The second-order valence-corrected chi connectivity index (χ2v) is 14.7. The molecule has 0 amide bonds. The molecule has 0 aromatic rings. The van der Waals surface area contributed by atoms with Gasteiger partial charge in [0, 0.05) is 32.5 Å². The van der Waals surface area contributed by atoms with Crippen LogP contribution in [0, 0.1) is 0 Å². The van der Waals surface area contributed by atoms with Crippen molar-refractivity contribution in [1.29, 1.82) is 0 Å². The van der Waals surface area contributed by atoms with E-state index < -0.39 is 0 Å². The van der Waals surface area contributed by atoms with E-state index in [1.54, 1.807) is 0 Å². The first-order valence-electron chi connectivity index (χ1n) is 20.3. The molecule has 7 heteroatoms. The molecule has 280 valence electrons. The third-order valence-corrected chi connectivity index (χ3v) is 9.46. The van der Waals surface area contributed by atoms with Crippen molar-refractivity contribution in [2.75, 3.05) is 66.6 Å². The van der Waals surface area contributed by atoms with E-state index in [2.05, 4.69) is 32.8 Å². The summed E-state index contributed by atoms with van der Waals surface area (Å²) < 4.78 is 11.8. The van der Waals surface area contributed by atoms with Gasteiger partial charge in [-0.2, -0.15) is 0 Å². The highest BCUT2D eigenvalue weighted by molar-refractivity contribution is 5.69. The summed E-state index contributed by atoms with van der Waals surface area (Å²) in [6, 6.07) is 0. The SMILES string of the molecule is CCCCCCCCCCCCCC(=O)OCCCN(CCCOC(=O)CCCCCCCCCCCCC)CC[N+](C)(C)CCO. The van der Waals surface area contributed by atoms with E-state index in [0.29, 0.717) is 26.1 Å². The van der Waals surface area contributed by atoms with Crippen molar-refractivity contribution in [3.63, 3.8) is 0 Å². The van der Waals surface area contributed by atoms with Crippen molar-refractivity contribution in [2.45, 2.75) is 181 Å². The monoisotopic (exact) mass is 670 g/mol. The highest BCUT2D eigenvalue weighted by atomic mass is 16.5. The van der Waals surface area contributed by atoms with Gasteiger partial charge in [-0.25, -0.2) is 0 Å². The molecule has 0 saturated heterocycles. The van der Waals surface area contributed by atoms with Crippen molar-refractivity contribution in [3.8, 4) is 0 Å². The number of carbonyl (C=O) groups is 2.